The highest BCUT2D eigenvalue weighted by atomic mass is 32.1. The summed E-state index contributed by atoms with van der Waals surface area (Å²) in [5.74, 6) is -0.405. The molecule has 106 valence electrons. The van der Waals surface area contributed by atoms with Crippen LogP contribution < -0.4 is 10.7 Å². The molecular formula is C12H15N5O2S. The first kappa shape index (κ1) is 13.1. The van der Waals surface area contributed by atoms with Crippen LogP contribution in [0.3, 0.4) is 0 Å². The number of H-pyrrole nitrogens is 1. The monoisotopic (exact) mass is 293 g/mol. The molecule has 2 fully saturated rings. The van der Waals surface area contributed by atoms with Crippen LogP contribution in [0.5, 0.6) is 0 Å². The lowest BCUT2D eigenvalue weighted by atomic mass is 10.1. The summed E-state index contributed by atoms with van der Waals surface area (Å²) in [6.45, 7) is 0.599. The third-order valence-electron chi connectivity index (χ3n) is 3.74. The Kier molecular flexibility index (Phi) is 2.98. The SMILES string of the molecule is CN1C(=O)C2(CCCN2NC(=O)c2ccc[nH]2)NC1=S. The van der Waals surface area contributed by atoms with Crippen molar-refractivity contribution < 1.29 is 9.59 Å². The van der Waals surface area contributed by atoms with Crippen molar-refractivity contribution in [3.05, 3.63) is 24.0 Å². The Labute approximate surface area is 121 Å². The van der Waals surface area contributed by atoms with E-state index in [1.165, 1.54) is 4.90 Å². The van der Waals surface area contributed by atoms with Gasteiger partial charge in [0.25, 0.3) is 11.8 Å². The number of carbonyl (C=O) groups is 2. The molecule has 3 N–H and O–H groups in total. The first-order valence-corrected chi connectivity index (χ1v) is 6.78. The maximum absolute atomic E-state index is 12.4. The summed E-state index contributed by atoms with van der Waals surface area (Å²) in [6.07, 6.45) is 3.10. The third-order valence-corrected chi connectivity index (χ3v) is 4.11. The summed E-state index contributed by atoms with van der Waals surface area (Å²) in [5.41, 5.74) is 2.29. The Hall–Kier alpha value is -1.93. The number of amides is 2. The van der Waals surface area contributed by atoms with Crippen molar-refractivity contribution in [2.45, 2.75) is 18.5 Å². The number of hydrogen-bond donors (Lipinski definition) is 3. The summed E-state index contributed by atoms with van der Waals surface area (Å²) in [6, 6.07) is 3.43. The van der Waals surface area contributed by atoms with Gasteiger partial charge in [0.2, 0.25) is 0 Å². The van der Waals surface area contributed by atoms with Crippen molar-refractivity contribution in [2.24, 2.45) is 0 Å². The maximum atomic E-state index is 12.4. The highest BCUT2D eigenvalue weighted by Crippen LogP contribution is 2.31. The predicted octanol–water partition coefficient (Wildman–Crippen LogP) is -0.202. The maximum Gasteiger partial charge on any atom is 0.282 e. The number of hydrazine groups is 1. The number of thiocarbonyl (C=S) groups is 1. The summed E-state index contributed by atoms with van der Waals surface area (Å²) in [7, 11) is 1.63. The Balaban J connectivity index is 1.81. The molecule has 0 bridgehead atoms. The highest BCUT2D eigenvalue weighted by molar-refractivity contribution is 7.80. The van der Waals surface area contributed by atoms with Crippen molar-refractivity contribution in [3.8, 4) is 0 Å². The molecule has 1 atom stereocenters. The minimum Gasteiger partial charge on any atom is -0.357 e. The Morgan fingerprint density at radius 2 is 2.35 bits per heavy atom. The minimum atomic E-state index is -0.936. The van der Waals surface area contributed by atoms with E-state index in [0.717, 1.165) is 6.42 Å². The van der Waals surface area contributed by atoms with E-state index in [1.54, 1.807) is 30.4 Å². The Morgan fingerprint density at radius 3 is 2.95 bits per heavy atom. The molecule has 0 aromatic carbocycles. The van der Waals surface area contributed by atoms with E-state index in [0.29, 0.717) is 23.8 Å². The zero-order valence-corrected chi connectivity index (χ0v) is 11.8. The molecule has 1 aromatic rings. The van der Waals surface area contributed by atoms with Crippen LogP contribution in [0.4, 0.5) is 0 Å². The van der Waals surface area contributed by atoms with Gasteiger partial charge in [-0.05, 0) is 37.2 Å². The van der Waals surface area contributed by atoms with Gasteiger partial charge in [0.15, 0.2) is 10.8 Å². The fourth-order valence-corrected chi connectivity index (χ4v) is 2.91. The van der Waals surface area contributed by atoms with Crippen LogP contribution in [0.25, 0.3) is 0 Å². The zero-order chi connectivity index (χ0) is 14.3. The fraction of sp³-hybridized carbons (Fsp3) is 0.417. The largest absolute Gasteiger partial charge is 0.357 e. The number of carbonyl (C=O) groups excluding carboxylic acids is 2. The molecule has 3 heterocycles. The van der Waals surface area contributed by atoms with Gasteiger partial charge in [-0.1, -0.05) is 0 Å². The van der Waals surface area contributed by atoms with Crippen LogP contribution >= 0.6 is 12.2 Å². The van der Waals surface area contributed by atoms with Crippen molar-refractivity contribution in [2.75, 3.05) is 13.6 Å². The van der Waals surface area contributed by atoms with Gasteiger partial charge >= 0.3 is 0 Å². The number of aromatic nitrogens is 1. The second-order valence-electron chi connectivity index (χ2n) is 4.93. The van der Waals surface area contributed by atoms with E-state index >= 15 is 0 Å². The molecule has 2 aliphatic heterocycles. The molecule has 2 saturated heterocycles. The number of likely N-dealkylation sites (N-methyl/N-ethyl adjacent to an activating group) is 1. The summed E-state index contributed by atoms with van der Waals surface area (Å²) >= 11 is 5.12. The van der Waals surface area contributed by atoms with Crippen LogP contribution in [0, 0.1) is 0 Å². The smallest absolute Gasteiger partial charge is 0.282 e. The van der Waals surface area contributed by atoms with Crippen LogP contribution in [-0.2, 0) is 4.79 Å². The number of nitrogens with one attached hydrogen (secondary N) is 3. The predicted molar refractivity (Wildman–Crippen MR) is 75.4 cm³/mol. The van der Waals surface area contributed by atoms with Crippen LogP contribution in [0.2, 0.25) is 0 Å². The van der Waals surface area contributed by atoms with E-state index in [4.69, 9.17) is 12.2 Å². The van der Waals surface area contributed by atoms with E-state index in [2.05, 4.69) is 15.7 Å². The zero-order valence-electron chi connectivity index (χ0n) is 11.0. The molecule has 8 heteroatoms. The van der Waals surface area contributed by atoms with Crippen LogP contribution in [-0.4, -0.2) is 51.1 Å². The van der Waals surface area contributed by atoms with Crippen LogP contribution in [0.1, 0.15) is 23.3 Å². The van der Waals surface area contributed by atoms with E-state index in [-0.39, 0.29) is 11.8 Å². The van der Waals surface area contributed by atoms with Gasteiger partial charge in [0, 0.05) is 19.8 Å². The standard InChI is InChI=1S/C12H15N5O2S/c1-16-10(19)12(14-11(16)20)5-3-7-17(12)15-9(18)8-4-2-6-13-8/h2,4,6,13H,3,5,7H2,1H3,(H,14,20)(H,15,18). The first-order chi connectivity index (χ1) is 9.54. The third kappa shape index (κ3) is 1.80. The van der Waals surface area contributed by atoms with Crippen LogP contribution in [0.15, 0.2) is 18.3 Å². The quantitative estimate of drug-likeness (QED) is 0.658. The molecule has 2 amide bonds. The van der Waals surface area contributed by atoms with Gasteiger partial charge in [0.05, 0.1) is 0 Å². The van der Waals surface area contributed by atoms with Gasteiger partial charge in [0.1, 0.15) is 5.69 Å². The average Bonchev–Trinajstić information content (AvgIpc) is 3.11. The Bertz CT molecular complexity index is 572. The second kappa shape index (κ2) is 4.57. The van der Waals surface area contributed by atoms with Gasteiger partial charge in [-0.2, -0.15) is 5.01 Å². The molecule has 20 heavy (non-hydrogen) atoms. The lowest BCUT2D eigenvalue weighted by Crippen LogP contribution is -2.62. The molecule has 3 rings (SSSR count). The molecule has 7 nitrogen and oxygen atoms in total. The number of aromatic amines is 1. The van der Waals surface area contributed by atoms with E-state index in [9.17, 15) is 9.59 Å². The minimum absolute atomic E-state index is 0.133. The Morgan fingerprint density at radius 1 is 1.55 bits per heavy atom. The van der Waals surface area contributed by atoms with Crippen molar-refractivity contribution in [1.82, 2.24) is 25.6 Å². The van der Waals surface area contributed by atoms with Gasteiger partial charge < -0.3 is 10.3 Å². The lowest BCUT2D eigenvalue weighted by molar-refractivity contribution is -0.136. The molecule has 0 aliphatic carbocycles. The van der Waals surface area contributed by atoms with Gasteiger partial charge in [-0.15, -0.1) is 0 Å². The molecule has 0 saturated carbocycles. The second-order valence-corrected chi connectivity index (χ2v) is 5.32. The first-order valence-electron chi connectivity index (χ1n) is 6.37. The average molecular weight is 293 g/mol. The fourth-order valence-electron chi connectivity index (χ4n) is 2.66. The number of hydrogen-bond acceptors (Lipinski definition) is 4. The normalized spacial score (nSPS) is 26.4. The van der Waals surface area contributed by atoms with Crippen molar-refractivity contribution in [1.29, 1.82) is 0 Å². The molecule has 0 radical (unpaired) electrons. The van der Waals surface area contributed by atoms with Gasteiger partial charge in [-0.25, -0.2) is 0 Å². The summed E-state index contributed by atoms with van der Waals surface area (Å²) in [4.78, 5) is 28.7. The molecule has 1 spiro atoms. The topological polar surface area (TPSA) is 80.5 Å². The lowest BCUT2D eigenvalue weighted by Gasteiger charge is -2.32. The highest BCUT2D eigenvalue weighted by Gasteiger charge is 2.55. The number of rotatable bonds is 2. The molecule has 1 unspecified atom stereocenters. The van der Waals surface area contributed by atoms with Gasteiger partial charge in [-0.3, -0.25) is 19.9 Å². The summed E-state index contributed by atoms with van der Waals surface area (Å²) < 4.78 is 0. The molecule has 1 aromatic heterocycles. The van der Waals surface area contributed by atoms with Crippen molar-refractivity contribution in [3.63, 3.8) is 0 Å². The molecular weight excluding hydrogens is 278 g/mol. The molecule has 2 aliphatic rings. The van der Waals surface area contributed by atoms with E-state index < -0.39 is 5.66 Å². The summed E-state index contributed by atoms with van der Waals surface area (Å²) in [5, 5.41) is 5.07. The van der Waals surface area contributed by atoms with E-state index in [1.807, 2.05) is 0 Å². The number of nitrogens with zero attached hydrogens (tertiary/aromatic N) is 2. The van der Waals surface area contributed by atoms with Crippen molar-refractivity contribution >= 4 is 29.1 Å².